The van der Waals surface area contributed by atoms with E-state index in [9.17, 15) is 0 Å². The number of hydrogen-bond acceptors (Lipinski definition) is 4. The minimum atomic E-state index is 0.587. The summed E-state index contributed by atoms with van der Waals surface area (Å²) in [7, 11) is 0. The van der Waals surface area contributed by atoms with Gasteiger partial charge < -0.3 is 13.6 Å². The van der Waals surface area contributed by atoms with Crippen LogP contribution in [0, 0.1) is 0 Å². The number of rotatable bonds is 6. The largest absolute Gasteiger partial charge is 0.454 e. The molecule has 0 atom stereocenters. The van der Waals surface area contributed by atoms with E-state index in [2.05, 4.69) is 149 Å². The Morgan fingerprint density at radius 1 is 0.317 bits per heavy atom. The summed E-state index contributed by atoms with van der Waals surface area (Å²) in [6.45, 7) is 0. The first-order chi connectivity index (χ1) is 31.3. The molecular formula is C57H35N5O. The first-order valence-corrected chi connectivity index (χ1v) is 21.2. The molecule has 0 saturated heterocycles. The lowest BCUT2D eigenvalue weighted by molar-refractivity contribution is 0.671. The zero-order valence-electron chi connectivity index (χ0n) is 33.9. The van der Waals surface area contributed by atoms with Gasteiger partial charge in [-0.15, -0.1) is 0 Å². The Hall–Kier alpha value is -8.61. The maximum atomic E-state index is 7.09. The molecule has 4 heterocycles. The third kappa shape index (κ3) is 5.41. The van der Waals surface area contributed by atoms with Gasteiger partial charge >= 0.3 is 0 Å². The Labute approximate surface area is 361 Å². The molecule has 294 valence electrons. The predicted octanol–water partition coefficient (Wildman–Crippen LogP) is 14.6. The second-order valence-electron chi connectivity index (χ2n) is 15.9. The van der Waals surface area contributed by atoms with Crippen LogP contribution in [-0.4, -0.2) is 24.1 Å². The van der Waals surface area contributed by atoms with E-state index in [-0.39, 0.29) is 0 Å². The molecule has 0 fully saturated rings. The van der Waals surface area contributed by atoms with E-state index in [4.69, 9.17) is 19.4 Å². The van der Waals surface area contributed by atoms with Crippen LogP contribution in [-0.2, 0) is 0 Å². The van der Waals surface area contributed by atoms with E-state index < -0.39 is 0 Å². The summed E-state index contributed by atoms with van der Waals surface area (Å²) in [4.78, 5) is 15.3. The fourth-order valence-corrected chi connectivity index (χ4v) is 9.68. The zero-order chi connectivity index (χ0) is 41.4. The molecular weight excluding hydrogens is 771 g/mol. The van der Waals surface area contributed by atoms with Crippen molar-refractivity contribution in [3.05, 3.63) is 212 Å². The molecule has 0 radical (unpaired) electrons. The first kappa shape index (κ1) is 35.2. The van der Waals surface area contributed by atoms with Crippen molar-refractivity contribution >= 4 is 65.6 Å². The van der Waals surface area contributed by atoms with E-state index in [0.717, 1.165) is 82.9 Å². The van der Waals surface area contributed by atoms with Gasteiger partial charge in [0.1, 0.15) is 5.58 Å². The minimum absolute atomic E-state index is 0.587. The van der Waals surface area contributed by atoms with Gasteiger partial charge in [-0.1, -0.05) is 170 Å². The van der Waals surface area contributed by atoms with E-state index in [1.165, 1.54) is 21.8 Å². The van der Waals surface area contributed by atoms with Gasteiger partial charge in [0.15, 0.2) is 23.1 Å². The van der Waals surface area contributed by atoms with Gasteiger partial charge in [-0.3, -0.25) is 0 Å². The molecule has 6 heteroatoms. The van der Waals surface area contributed by atoms with Crippen LogP contribution in [0.3, 0.4) is 0 Å². The van der Waals surface area contributed by atoms with Crippen LogP contribution in [0.25, 0.3) is 122 Å². The lowest BCUT2D eigenvalue weighted by Crippen LogP contribution is -2.00. The third-order valence-corrected chi connectivity index (χ3v) is 12.4. The van der Waals surface area contributed by atoms with Crippen LogP contribution in [0.5, 0.6) is 0 Å². The number of hydrogen-bond donors (Lipinski definition) is 0. The third-order valence-electron chi connectivity index (χ3n) is 12.4. The fourth-order valence-electron chi connectivity index (χ4n) is 9.68. The molecule has 63 heavy (non-hydrogen) atoms. The summed E-state index contributed by atoms with van der Waals surface area (Å²) in [5, 5.41) is 6.63. The molecule has 0 spiro atoms. The number of nitrogens with zero attached hydrogens (tertiary/aromatic N) is 5. The average Bonchev–Trinajstić information content (AvgIpc) is 4.03. The second kappa shape index (κ2) is 14.0. The highest BCUT2D eigenvalue weighted by Gasteiger charge is 2.25. The van der Waals surface area contributed by atoms with Crippen molar-refractivity contribution in [1.29, 1.82) is 0 Å². The van der Waals surface area contributed by atoms with Gasteiger partial charge in [0.05, 0.1) is 22.1 Å². The molecule has 0 aliphatic heterocycles. The fraction of sp³-hybridized carbons (Fsp3) is 0. The average molecular weight is 806 g/mol. The lowest BCUT2D eigenvalue weighted by atomic mass is 9.99. The van der Waals surface area contributed by atoms with Crippen molar-refractivity contribution in [3.63, 3.8) is 0 Å². The van der Waals surface area contributed by atoms with Gasteiger partial charge in [0.2, 0.25) is 0 Å². The highest BCUT2D eigenvalue weighted by molar-refractivity contribution is 6.25. The van der Waals surface area contributed by atoms with Crippen LogP contribution in [0.4, 0.5) is 0 Å². The minimum Gasteiger partial charge on any atom is -0.454 e. The normalized spacial score (nSPS) is 11.8. The molecule has 0 saturated carbocycles. The summed E-state index contributed by atoms with van der Waals surface area (Å²) in [6, 6.07) is 74.3. The van der Waals surface area contributed by atoms with Crippen molar-refractivity contribution in [3.8, 4) is 56.7 Å². The summed E-state index contributed by atoms with van der Waals surface area (Å²) in [6.07, 6.45) is 0. The molecule has 6 nitrogen and oxygen atoms in total. The standard InChI is InChI=1S/C57H35N5O/c1-5-18-36(19-6-1)55-58-56(37-20-7-2-8-21-37)60-57(59-55)47-31-17-33-49-50(47)46-35-34-45-44-30-16-29-43(52(44)62(53(45)54(46)63-49)39-24-11-4-12-25-39)42-28-15-27-41-40-26-13-14-32-48(40)61(51(41)42)38-22-9-3-10-23-38/h1-35H. The van der Waals surface area contributed by atoms with E-state index in [1.54, 1.807) is 0 Å². The number of para-hydroxylation sites is 5. The number of aromatic nitrogens is 5. The van der Waals surface area contributed by atoms with Crippen molar-refractivity contribution in [2.75, 3.05) is 0 Å². The Morgan fingerprint density at radius 2 is 0.778 bits per heavy atom. The summed E-state index contributed by atoms with van der Waals surface area (Å²) < 4.78 is 11.9. The van der Waals surface area contributed by atoms with Crippen molar-refractivity contribution < 1.29 is 4.42 Å². The van der Waals surface area contributed by atoms with Crippen molar-refractivity contribution in [2.24, 2.45) is 0 Å². The van der Waals surface area contributed by atoms with Crippen LogP contribution in [0.1, 0.15) is 0 Å². The lowest BCUT2D eigenvalue weighted by Gasteiger charge is -2.15. The molecule has 0 bridgehead atoms. The van der Waals surface area contributed by atoms with Gasteiger partial charge in [-0.25, -0.2) is 15.0 Å². The van der Waals surface area contributed by atoms with Crippen LogP contribution in [0.15, 0.2) is 217 Å². The monoisotopic (exact) mass is 805 g/mol. The van der Waals surface area contributed by atoms with Crippen molar-refractivity contribution in [2.45, 2.75) is 0 Å². The number of benzene rings is 9. The SMILES string of the molecule is c1ccc(-c2nc(-c3ccccc3)nc(-c3cccc4oc5c(ccc6c7cccc(-c8cccc9c%10ccccc%10n(-c%10ccccc%10)c89)c7n(-c7ccccc7)c65)c34)n2)cc1. The molecule has 0 aliphatic rings. The molecule has 13 aromatic rings. The number of fused-ring (bicyclic) bond motifs is 10. The summed E-state index contributed by atoms with van der Waals surface area (Å²) in [5.41, 5.74) is 13.2. The predicted molar refractivity (Wildman–Crippen MR) is 258 cm³/mol. The molecule has 13 rings (SSSR count). The zero-order valence-corrected chi connectivity index (χ0v) is 33.9. The Bertz CT molecular complexity index is 3830. The van der Waals surface area contributed by atoms with E-state index in [0.29, 0.717) is 17.5 Å². The van der Waals surface area contributed by atoms with Crippen molar-refractivity contribution in [1.82, 2.24) is 24.1 Å². The first-order valence-electron chi connectivity index (χ1n) is 21.2. The molecule has 9 aromatic carbocycles. The summed E-state index contributed by atoms with van der Waals surface area (Å²) in [5.74, 6) is 1.82. The van der Waals surface area contributed by atoms with Crippen LogP contribution in [0.2, 0.25) is 0 Å². The van der Waals surface area contributed by atoms with E-state index >= 15 is 0 Å². The Kier molecular flexibility index (Phi) is 7.80. The maximum Gasteiger partial charge on any atom is 0.164 e. The number of furan rings is 1. The summed E-state index contributed by atoms with van der Waals surface area (Å²) >= 11 is 0. The second-order valence-corrected chi connectivity index (χ2v) is 15.9. The van der Waals surface area contributed by atoms with Gasteiger partial charge in [-0.05, 0) is 42.5 Å². The smallest absolute Gasteiger partial charge is 0.164 e. The van der Waals surface area contributed by atoms with Gasteiger partial charge in [-0.2, -0.15) is 0 Å². The molecule has 0 N–H and O–H groups in total. The molecule has 4 aromatic heterocycles. The highest BCUT2D eigenvalue weighted by Crippen LogP contribution is 2.47. The topological polar surface area (TPSA) is 61.7 Å². The maximum absolute atomic E-state index is 7.09. The quantitative estimate of drug-likeness (QED) is 0.168. The molecule has 0 aliphatic carbocycles. The molecule has 0 amide bonds. The highest BCUT2D eigenvalue weighted by atomic mass is 16.3. The van der Waals surface area contributed by atoms with Crippen LogP contribution >= 0.6 is 0 Å². The van der Waals surface area contributed by atoms with Gasteiger partial charge in [0.25, 0.3) is 0 Å². The Morgan fingerprint density at radius 3 is 1.43 bits per heavy atom. The Balaban J connectivity index is 1.12. The molecule has 0 unspecified atom stereocenters. The van der Waals surface area contributed by atoms with Gasteiger partial charge in [0, 0.05) is 71.5 Å². The van der Waals surface area contributed by atoms with Crippen LogP contribution < -0.4 is 0 Å². The van der Waals surface area contributed by atoms with E-state index in [1.807, 2.05) is 72.8 Å².